The molecule has 0 radical (unpaired) electrons. The standard InChI is InChI=1S/2C3H4O4.Pt/c2*4-2(5)1-3(6)7;/h2*1H2,(H,4,5)(H,6,7);/q;;+4/p-4. The third kappa shape index (κ3) is 32.5. The van der Waals surface area contributed by atoms with Crippen molar-refractivity contribution in [2.45, 2.75) is 12.8 Å². The quantitative estimate of drug-likeness (QED) is 0.422. The van der Waals surface area contributed by atoms with Gasteiger partial charge in [-0.1, -0.05) is 0 Å². The van der Waals surface area contributed by atoms with E-state index in [1.165, 1.54) is 0 Å². The summed E-state index contributed by atoms with van der Waals surface area (Å²) in [4.78, 5) is 37.1. The van der Waals surface area contributed by atoms with Crippen molar-refractivity contribution in [1.29, 1.82) is 0 Å². The first-order chi connectivity index (χ1) is 6.25. The van der Waals surface area contributed by atoms with E-state index in [-0.39, 0.29) is 21.1 Å². The van der Waals surface area contributed by atoms with Crippen LogP contribution in [0.5, 0.6) is 0 Å². The van der Waals surface area contributed by atoms with Crippen molar-refractivity contribution in [2.24, 2.45) is 0 Å². The molecule has 0 atom stereocenters. The van der Waals surface area contributed by atoms with Gasteiger partial charge in [0.25, 0.3) is 0 Å². The van der Waals surface area contributed by atoms with E-state index < -0.39 is 36.7 Å². The molecule has 86 valence electrons. The number of hydrogen-bond donors (Lipinski definition) is 0. The summed E-state index contributed by atoms with van der Waals surface area (Å²) >= 11 is 0. The van der Waals surface area contributed by atoms with Crippen LogP contribution in [0.3, 0.4) is 0 Å². The average Bonchev–Trinajstić information content (AvgIpc) is 1.79. The van der Waals surface area contributed by atoms with Crippen molar-refractivity contribution in [2.75, 3.05) is 0 Å². The Morgan fingerprint density at radius 1 is 0.600 bits per heavy atom. The third-order valence-corrected chi connectivity index (χ3v) is 0.577. The van der Waals surface area contributed by atoms with E-state index in [1.54, 1.807) is 0 Å². The molecule has 0 aromatic heterocycles. The maximum absolute atomic E-state index is 9.28. The predicted molar refractivity (Wildman–Crippen MR) is 29.3 cm³/mol. The number of rotatable bonds is 4. The van der Waals surface area contributed by atoms with Crippen molar-refractivity contribution in [3.05, 3.63) is 0 Å². The molecule has 15 heavy (non-hydrogen) atoms. The van der Waals surface area contributed by atoms with Gasteiger partial charge < -0.3 is 39.6 Å². The van der Waals surface area contributed by atoms with E-state index in [0.29, 0.717) is 0 Å². The van der Waals surface area contributed by atoms with Crippen LogP contribution in [-0.4, -0.2) is 23.9 Å². The summed E-state index contributed by atoms with van der Waals surface area (Å²) in [6.07, 6.45) is -2.06. The largest absolute Gasteiger partial charge is 4.00 e. The summed E-state index contributed by atoms with van der Waals surface area (Å²) < 4.78 is 0. The average molecular weight is 399 g/mol. The van der Waals surface area contributed by atoms with Crippen molar-refractivity contribution in [1.82, 2.24) is 0 Å². The Labute approximate surface area is 97.8 Å². The van der Waals surface area contributed by atoms with Crippen LogP contribution in [0.4, 0.5) is 0 Å². The maximum Gasteiger partial charge on any atom is 4.00 e. The minimum absolute atomic E-state index is 0. The fraction of sp³-hybridized carbons (Fsp3) is 0.333. The molecule has 0 unspecified atom stereocenters. The van der Waals surface area contributed by atoms with Gasteiger partial charge in [0.1, 0.15) is 0 Å². The SMILES string of the molecule is O=C([O-])CC(=O)[O-].O=C([O-])CC(=O)[O-].[Pt+4]. The van der Waals surface area contributed by atoms with Gasteiger partial charge in [0, 0.05) is 36.7 Å². The molecule has 0 saturated carbocycles. The fourth-order valence-electron chi connectivity index (χ4n) is 0.236. The second-order valence-electron chi connectivity index (χ2n) is 1.84. The van der Waals surface area contributed by atoms with E-state index in [0.717, 1.165) is 0 Å². The zero-order valence-corrected chi connectivity index (χ0v) is 9.27. The molecule has 0 aliphatic heterocycles. The number of hydrogen-bond acceptors (Lipinski definition) is 8. The summed E-state index contributed by atoms with van der Waals surface area (Å²) in [6, 6.07) is 0. The van der Waals surface area contributed by atoms with Crippen molar-refractivity contribution >= 4 is 23.9 Å². The zero-order chi connectivity index (χ0) is 11.7. The van der Waals surface area contributed by atoms with E-state index in [9.17, 15) is 39.6 Å². The molecule has 0 saturated heterocycles. The van der Waals surface area contributed by atoms with Crippen LogP contribution in [0.1, 0.15) is 12.8 Å². The van der Waals surface area contributed by atoms with E-state index in [2.05, 4.69) is 0 Å². The molecular weight excluding hydrogens is 395 g/mol. The van der Waals surface area contributed by atoms with Gasteiger partial charge in [-0.25, -0.2) is 0 Å². The van der Waals surface area contributed by atoms with Gasteiger partial charge in [0.2, 0.25) is 0 Å². The summed E-state index contributed by atoms with van der Waals surface area (Å²) in [6.45, 7) is 0. The Kier molecular flexibility index (Phi) is 13.6. The molecule has 0 spiro atoms. The van der Waals surface area contributed by atoms with Gasteiger partial charge in [0.05, 0.1) is 0 Å². The summed E-state index contributed by atoms with van der Waals surface area (Å²) in [5.74, 6) is -6.50. The Morgan fingerprint density at radius 2 is 0.733 bits per heavy atom. The molecule has 0 aromatic rings. The maximum atomic E-state index is 9.28. The van der Waals surface area contributed by atoms with E-state index >= 15 is 0 Å². The van der Waals surface area contributed by atoms with Crippen LogP contribution < -0.4 is 20.4 Å². The molecule has 0 aliphatic rings. The van der Waals surface area contributed by atoms with Gasteiger partial charge in [-0.05, 0) is 0 Å². The number of aliphatic carboxylic acids is 4. The van der Waals surface area contributed by atoms with Gasteiger partial charge in [-0.2, -0.15) is 0 Å². The smallest absolute Gasteiger partial charge is 0.550 e. The minimum atomic E-state index is -1.63. The van der Waals surface area contributed by atoms with Crippen LogP contribution in [0.25, 0.3) is 0 Å². The third-order valence-electron chi connectivity index (χ3n) is 0.577. The van der Waals surface area contributed by atoms with Crippen molar-refractivity contribution < 1.29 is 60.7 Å². The van der Waals surface area contributed by atoms with E-state index in [4.69, 9.17) is 0 Å². The summed E-state index contributed by atoms with van der Waals surface area (Å²) in [7, 11) is 0. The first kappa shape index (κ1) is 19.2. The van der Waals surface area contributed by atoms with Crippen LogP contribution >= 0.6 is 0 Å². The predicted octanol–water partition coefficient (Wildman–Crippen LogP) is -6.25. The molecule has 0 fully saturated rings. The van der Waals surface area contributed by atoms with Crippen LogP contribution in [0, 0.1) is 0 Å². The van der Waals surface area contributed by atoms with Gasteiger partial charge in [-0.3, -0.25) is 0 Å². The summed E-state index contributed by atoms with van der Waals surface area (Å²) in [5, 5.41) is 37.1. The Bertz CT molecular complexity index is 198. The molecule has 0 aromatic carbocycles. The van der Waals surface area contributed by atoms with Crippen molar-refractivity contribution in [3.63, 3.8) is 0 Å². The van der Waals surface area contributed by atoms with Gasteiger partial charge in [-0.15, -0.1) is 0 Å². The zero-order valence-electron chi connectivity index (χ0n) is 7.00. The van der Waals surface area contributed by atoms with Crippen LogP contribution in [-0.2, 0) is 40.2 Å². The van der Waals surface area contributed by atoms with Crippen LogP contribution in [0.2, 0.25) is 0 Å². The molecule has 0 bridgehead atoms. The molecule has 0 rings (SSSR count). The molecular formula is C6H4O8Pt. The Hall–Kier alpha value is -1.43. The molecule has 9 heteroatoms. The minimum Gasteiger partial charge on any atom is -0.550 e. The first-order valence-corrected chi connectivity index (χ1v) is 3.05. The topological polar surface area (TPSA) is 161 Å². The second kappa shape index (κ2) is 10.6. The number of carboxylic acids is 4. The number of carboxylic acid groups (broad SMARTS) is 4. The first-order valence-electron chi connectivity index (χ1n) is 3.05. The normalized spacial score (nSPS) is 7.47. The Balaban J connectivity index is -0.000000180. The molecule has 0 amide bonds. The number of carbonyl (C=O) groups is 4. The molecule has 0 N–H and O–H groups in total. The van der Waals surface area contributed by atoms with Crippen LogP contribution in [0.15, 0.2) is 0 Å². The monoisotopic (exact) mass is 399 g/mol. The Morgan fingerprint density at radius 3 is 0.733 bits per heavy atom. The number of carbonyl (C=O) groups excluding carboxylic acids is 4. The van der Waals surface area contributed by atoms with E-state index in [1.807, 2.05) is 0 Å². The fourth-order valence-corrected chi connectivity index (χ4v) is 0.236. The molecule has 0 heterocycles. The van der Waals surface area contributed by atoms with Gasteiger partial charge in [0.15, 0.2) is 0 Å². The molecule has 0 aliphatic carbocycles. The summed E-state index contributed by atoms with van der Waals surface area (Å²) in [5.41, 5.74) is 0. The van der Waals surface area contributed by atoms with Crippen molar-refractivity contribution in [3.8, 4) is 0 Å². The molecule has 8 nitrogen and oxygen atoms in total. The second-order valence-corrected chi connectivity index (χ2v) is 1.84. The van der Waals surface area contributed by atoms with Gasteiger partial charge >= 0.3 is 21.1 Å².